The van der Waals surface area contributed by atoms with Crippen molar-refractivity contribution in [1.29, 1.82) is 0 Å². The lowest BCUT2D eigenvalue weighted by Gasteiger charge is -2.16. The van der Waals surface area contributed by atoms with E-state index in [2.05, 4.69) is 55.6 Å². The Kier molecular flexibility index (Phi) is 7.25. The van der Waals surface area contributed by atoms with Crippen LogP contribution in [0.1, 0.15) is 30.5 Å². The van der Waals surface area contributed by atoms with Crippen LogP contribution in [-0.2, 0) is 28.9 Å². The van der Waals surface area contributed by atoms with Crippen LogP contribution in [0.2, 0.25) is 0 Å². The Morgan fingerprint density at radius 3 is 2.86 bits per heavy atom. The van der Waals surface area contributed by atoms with E-state index in [9.17, 15) is 0 Å². The minimum atomic E-state index is 0.310. The van der Waals surface area contributed by atoms with Crippen LogP contribution in [0.5, 0.6) is 0 Å². The number of aryl methyl sites for hydroxylation is 2. The predicted octanol–water partition coefficient (Wildman–Crippen LogP) is 4.22. The van der Waals surface area contributed by atoms with Crippen LogP contribution in [-0.4, -0.2) is 31.3 Å². The summed E-state index contributed by atoms with van der Waals surface area (Å²) in [7, 11) is 3.07. The van der Waals surface area contributed by atoms with Gasteiger partial charge in [-0.05, 0) is 55.9 Å². The number of aromatic nitrogens is 1. The molecule has 1 heterocycles. The van der Waals surface area contributed by atoms with E-state index < -0.39 is 0 Å². The van der Waals surface area contributed by atoms with E-state index in [1.54, 1.807) is 13.2 Å². The zero-order valence-electron chi connectivity index (χ0n) is 17.1. The summed E-state index contributed by atoms with van der Waals surface area (Å²) in [6.45, 7) is 5.39. The fourth-order valence-electron chi connectivity index (χ4n) is 3.81. The second-order valence-electron chi connectivity index (χ2n) is 7.08. The van der Waals surface area contributed by atoms with Gasteiger partial charge in [-0.1, -0.05) is 22.5 Å². The first kappa shape index (κ1) is 21.3. The minimum Gasteiger partial charge on any atom is -0.497 e. The first-order valence-electron chi connectivity index (χ1n) is 9.89. The number of halogens is 1. The largest absolute Gasteiger partial charge is 0.497 e. The number of allylic oxidation sites excluding steroid dienone is 1. The molecule has 156 valence electrons. The van der Waals surface area contributed by atoms with Gasteiger partial charge >= 0.3 is 0 Å². The SMILES string of the molecule is C=C(/C=C(\N=C(/N)NCCCn1c2c(c3cc(Br)ccc31)CCCC2)OC)OC. The third kappa shape index (κ3) is 5.15. The minimum absolute atomic E-state index is 0.310. The first-order chi connectivity index (χ1) is 14.0. The van der Waals surface area contributed by atoms with Crippen molar-refractivity contribution in [1.82, 2.24) is 9.88 Å². The average Bonchev–Trinajstić information content (AvgIpc) is 3.03. The van der Waals surface area contributed by atoms with Crippen molar-refractivity contribution < 1.29 is 9.47 Å². The van der Waals surface area contributed by atoms with Crippen molar-refractivity contribution in [3.8, 4) is 0 Å². The molecule has 6 nitrogen and oxygen atoms in total. The molecule has 2 aromatic rings. The van der Waals surface area contributed by atoms with Crippen LogP contribution >= 0.6 is 15.9 Å². The van der Waals surface area contributed by atoms with Gasteiger partial charge in [0.2, 0.25) is 5.88 Å². The molecule has 1 aromatic carbocycles. The zero-order chi connectivity index (χ0) is 20.8. The number of nitrogens with one attached hydrogen (secondary N) is 1. The molecule has 1 aliphatic carbocycles. The number of hydrogen-bond acceptors (Lipinski definition) is 3. The van der Waals surface area contributed by atoms with E-state index in [-0.39, 0.29) is 0 Å². The molecule has 3 N–H and O–H groups in total. The number of aliphatic imine (C=N–C) groups is 1. The van der Waals surface area contributed by atoms with Crippen molar-refractivity contribution in [2.45, 2.75) is 38.6 Å². The van der Waals surface area contributed by atoms with Crippen molar-refractivity contribution in [2.24, 2.45) is 10.7 Å². The molecule has 0 spiro atoms. The number of nitrogens with two attached hydrogens (primary N) is 1. The molecule has 0 radical (unpaired) electrons. The van der Waals surface area contributed by atoms with Gasteiger partial charge in [-0.2, -0.15) is 4.99 Å². The van der Waals surface area contributed by atoms with E-state index in [1.807, 2.05) is 0 Å². The summed E-state index contributed by atoms with van der Waals surface area (Å²) in [5.41, 5.74) is 10.3. The Labute approximate surface area is 180 Å². The summed E-state index contributed by atoms with van der Waals surface area (Å²) in [5.74, 6) is 1.11. The fourth-order valence-corrected chi connectivity index (χ4v) is 4.17. The highest BCUT2D eigenvalue weighted by atomic mass is 79.9. The molecule has 0 fully saturated rings. The Morgan fingerprint density at radius 2 is 2.10 bits per heavy atom. The highest BCUT2D eigenvalue weighted by Gasteiger charge is 2.19. The summed E-state index contributed by atoms with van der Waals surface area (Å²) in [4.78, 5) is 4.22. The lowest BCUT2D eigenvalue weighted by molar-refractivity contribution is 0.274. The third-order valence-corrected chi connectivity index (χ3v) is 5.68. The summed E-state index contributed by atoms with van der Waals surface area (Å²) >= 11 is 3.62. The summed E-state index contributed by atoms with van der Waals surface area (Å²) in [6, 6.07) is 6.60. The van der Waals surface area contributed by atoms with Crippen LogP contribution in [0.25, 0.3) is 10.9 Å². The molecule has 0 saturated carbocycles. The highest BCUT2D eigenvalue weighted by Crippen LogP contribution is 2.33. The van der Waals surface area contributed by atoms with E-state index in [0.29, 0.717) is 17.6 Å². The molecular weight excluding hydrogens is 432 g/mol. The standard InChI is InChI=1S/C22H29BrN4O2/c1-15(28-2)13-21(29-3)26-22(24)25-11-6-12-27-19-8-5-4-7-17(19)18-14-16(23)9-10-20(18)27/h9-10,13-14H,1,4-8,11-12H2,2-3H3,(H3,24,25,26)/b21-13+. The Morgan fingerprint density at radius 1 is 1.31 bits per heavy atom. The highest BCUT2D eigenvalue weighted by molar-refractivity contribution is 9.10. The normalized spacial score (nSPS) is 14.6. The molecule has 1 aliphatic rings. The third-order valence-electron chi connectivity index (χ3n) is 5.19. The first-order valence-corrected chi connectivity index (χ1v) is 10.7. The number of ether oxygens (including phenoxy) is 2. The fraction of sp³-hybridized carbons (Fsp3) is 0.409. The van der Waals surface area contributed by atoms with Gasteiger partial charge in [0.25, 0.3) is 0 Å². The average molecular weight is 461 g/mol. The van der Waals surface area contributed by atoms with Gasteiger partial charge in [0.05, 0.1) is 14.2 Å². The number of rotatable bonds is 8. The molecule has 0 saturated heterocycles. The van der Waals surface area contributed by atoms with Crippen LogP contribution in [0.15, 0.2) is 52.0 Å². The van der Waals surface area contributed by atoms with Crippen molar-refractivity contribution in [3.05, 3.63) is 58.2 Å². The number of nitrogens with zero attached hydrogens (tertiary/aromatic N) is 2. The van der Waals surface area contributed by atoms with Crippen LogP contribution in [0.4, 0.5) is 0 Å². The smallest absolute Gasteiger partial charge is 0.219 e. The topological polar surface area (TPSA) is 73.8 Å². The Hall–Kier alpha value is -2.41. The summed E-state index contributed by atoms with van der Waals surface area (Å²) in [6.07, 6.45) is 7.40. The van der Waals surface area contributed by atoms with Gasteiger partial charge in [0.15, 0.2) is 5.96 Å². The van der Waals surface area contributed by atoms with Gasteiger partial charge in [0.1, 0.15) is 5.76 Å². The molecular formula is C22H29BrN4O2. The van der Waals surface area contributed by atoms with Crippen LogP contribution < -0.4 is 11.1 Å². The van der Waals surface area contributed by atoms with Gasteiger partial charge in [0, 0.05) is 40.2 Å². The molecule has 7 heteroatoms. The monoisotopic (exact) mass is 460 g/mol. The van der Waals surface area contributed by atoms with Crippen LogP contribution in [0.3, 0.4) is 0 Å². The van der Waals surface area contributed by atoms with Crippen molar-refractivity contribution in [3.63, 3.8) is 0 Å². The lowest BCUT2D eigenvalue weighted by Crippen LogP contribution is -2.33. The Bertz CT molecular complexity index is 946. The maximum Gasteiger partial charge on any atom is 0.219 e. The van der Waals surface area contributed by atoms with Gasteiger partial charge in [-0.25, -0.2) is 0 Å². The number of fused-ring (bicyclic) bond motifs is 3. The Balaban J connectivity index is 1.65. The maximum atomic E-state index is 5.98. The van der Waals surface area contributed by atoms with Crippen molar-refractivity contribution >= 4 is 32.8 Å². The molecule has 29 heavy (non-hydrogen) atoms. The second-order valence-corrected chi connectivity index (χ2v) is 8.00. The predicted molar refractivity (Wildman–Crippen MR) is 122 cm³/mol. The molecule has 0 unspecified atom stereocenters. The molecule has 3 rings (SSSR count). The van der Waals surface area contributed by atoms with E-state index in [1.165, 1.54) is 48.5 Å². The lowest BCUT2D eigenvalue weighted by atomic mass is 9.95. The number of hydrogen-bond donors (Lipinski definition) is 2. The van der Waals surface area contributed by atoms with Gasteiger partial charge in [-0.15, -0.1) is 0 Å². The molecule has 0 aliphatic heterocycles. The maximum absolute atomic E-state index is 5.98. The quantitative estimate of drug-likeness (QED) is 0.203. The number of methoxy groups -OCH3 is 2. The summed E-state index contributed by atoms with van der Waals surface area (Å²) < 4.78 is 13.8. The zero-order valence-corrected chi connectivity index (χ0v) is 18.7. The second kappa shape index (κ2) is 9.87. The number of benzene rings is 1. The molecule has 1 aromatic heterocycles. The van der Waals surface area contributed by atoms with E-state index >= 15 is 0 Å². The summed E-state index contributed by atoms with van der Waals surface area (Å²) in [5, 5.41) is 4.54. The van der Waals surface area contributed by atoms with Gasteiger partial charge in [-0.3, -0.25) is 0 Å². The molecule has 0 amide bonds. The van der Waals surface area contributed by atoms with Gasteiger partial charge < -0.3 is 25.1 Å². The van der Waals surface area contributed by atoms with E-state index in [4.69, 9.17) is 15.2 Å². The molecule has 0 bridgehead atoms. The number of guanidine groups is 1. The molecule has 0 atom stereocenters. The van der Waals surface area contributed by atoms with E-state index in [0.717, 1.165) is 30.4 Å². The van der Waals surface area contributed by atoms with Crippen LogP contribution in [0, 0.1) is 0 Å². The van der Waals surface area contributed by atoms with Crippen molar-refractivity contribution in [2.75, 3.05) is 20.8 Å².